The molecule has 1 saturated heterocycles. The Morgan fingerprint density at radius 2 is 1.74 bits per heavy atom. The van der Waals surface area contributed by atoms with Gasteiger partial charge in [0.15, 0.2) is 15.9 Å². The van der Waals surface area contributed by atoms with E-state index in [0.717, 1.165) is 38.6 Å². The Balaban J connectivity index is 1.38. The number of nitrogens with zero attached hydrogens (tertiary/aromatic N) is 3. The number of aromatic nitrogens is 2. The van der Waals surface area contributed by atoms with Gasteiger partial charge in [-0.2, -0.15) is 0 Å². The molecule has 4 aromatic carbocycles. The number of fused-ring (bicyclic) bond motifs is 1. The van der Waals surface area contributed by atoms with Crippen molar-refractivity contribution in [1.29, 1.82) is 0 Å². The van der Waals surface area contributed by atoms with E-state index < -0.39 is 40.7 Å². The highest BCUT2D eigenvalue weighted by Gasteiger charge is 2.49. The SMILES string of the molecule is COc1ccc(/C(O)=C2/C(=O)C(=O)N(c3nnc(SCc4cccc5ccccc45)s3)C2c2ccccc2F)cc1F. The van der Waals surface area contributed by atoms with Crippen molar-refractivity contribution < 1.29 is 28.2 Å². The number of hydrogen-bond donors (Lipinski definition) is 1. The summed E-state index contributed by atoms with van der Waals surface area (Å²) in [5, 5.41) is 21.9. The topological polar surface area (TPSA) is 92.6 Å². The average Bonchev–Trinajstić information content (AvgIpc) is 3.57. The Bertz CT molecular complexity index is 1890. The maximum absolute atomic E-state index is 15.2. The van der Waals surface area contributed by atoms with Gasteiger partial charge in [-0.25, -0.2) is 8.78 Å². The Morgan fingerprint density at radius 1 is 0.976 bits per heavy atom. The molecule has 1 fully saturated rings. The van der Waals surface area contributed by atoms with Crippen LogP contribution in [0.1, 0.15) is 22.7 Å². The van der Waals surface area contributed by atoms with Crippen LogP contribution in [0.25, 0.3) is 16.5 Å². The molecule has 210 valence electrons. The number of rotatable bonds is 7. The van der Waals surface area contributed by atoms with Crippen LogP contribution >= 0.6 is 23.1 Å². The summed E-state index contributed by atoms with van der Waals surface area (Å²) >= 11 is 2.48. The van der Waals surface area contributed by atoms with Crippen LogP contribution in [0.4, 0.5) is 13.9 Å². The molecular formula is C31H21F2N3O4S2. The lowest BCUT2D eigenvalue weighted by atomic mass is 9.95. The molecule has 0 saturated carbocycles. The van der Waals surface area contributed by atoms with Crippen LogP contribution in [0.15, 0.2) is 94.8 Å². The molecule has 6 rings (SSSR count). The molecule has 0 spiro atoms. The highest BCUT2D eigenvalue weighted by Crippen LogP contribution is 2.45. The zero-order chi connectivity index (χ0) is 29.4. The van der Waals surface area contributed by atoms with Crippen LogP contribution in [0.2, 0.25) is 0 Å². The minimum Gasteiger partial charge on any atom is -0.507 e. The van der Waals surface area contributed by atoms with Crippen molar-refractivity contribution >= 4 is 56.5 Å². The zero-order valence-electron chi connectivity index (χ0n) is 22.0. The van der Waals surface area contributed by atoms with Gasteiger partial charge in [-0.15, -0.1) is 10.2 Å². The smallest absolute Gasteiger partial charge is 0.301 e. The van der Waals surface area contributed by atoms with Gasteiger partial charge in [-0.1, -0.05) is 83.8 Å². The van der Waals surface area contributed by atoms with E-state index in [1.807, 2.05) is 42.5 Å². The van der Waals surface area contributed by atoms with E-state index in [9.17, 15) is 19.1 Å². The number of thioether (sulfide) groups is 1. The summed E-state index contributed by atoms with van der Waals surface area (Å²) < 4.78 is 35.1. The van der Waals surface area contributed by atoms with Gasteiger partial charge in [0, 0.05) is 16.9 Å². The van der Waals surface area contributed by atoms with Crippen LogP contribution < -0.4 is 9.64 Å². The van der Waals surface area contributed by atoms with Gasteiger partial charge >= 0.3 is 5.91 Å². The summed E-state index contributed by atoms with van der Waals surface area (Å²) in [6, 6.07) is 21.9. The lowest BCUT2D eigenvalue weighted by Gasteiger charge is -2.22. The first-order valence-corrected chi connectivity index (χ1v) is 14.5. The second-order valence-corrected chi connectivity index (χ2v) is 11.5. The van der Waals surface area contributed by atoms with Gasteiger partial charge in [0.25, 0.3) is 5.78 Å². The third kappa shape index (κ3) is 4.90. The van der Waals surface area contributed by atoms with Gasteiger partial charge < -0.3 is 9.84 Å². The molecule has 1 unspecified atom stereocenters. The van der Waals surface area contributed by atoms with Gasteiger partial charge in [0.1, 0.15) is 17.6 Å². The van der Waals surface area contributed by atoms with Gasteiger partial charge in [0.2, 0.25) is 5.13 Å². The molecule has 1 aromatic heterocycles. The summed E-state index contributed by atoms with van der Waals surface area (Å²) in [6.07, 6.45) is 0. The largest absolute Gasteiger partial charge is 0.507 e. The molecule has 2 heterocycles. The van der Waals surface area contributed by atoms with Crippen molar-refractivity contribution in [1.82, 2.24) is 10.2 Å². The molecule has 1 N–H and O–H groups in total. The maximum atomic E-state index is 15.2. The van der Waals surface area contributed by atoms with Gasteiger partial charge in [0.05, 0.1) is 12.7 Å². The van der Waals surface area contributed by atoms with Crippen LogP contribution in [0, 0.1) is 11.6 Å². The number of carbonyl (C=O) groups excluding carboxylic acids is 2. The van der Waals surface area contributed by atoms with Gasteiger partial charge in [-0.3, -0.25) is 14.5 Å². The molecule has 0 aliphatic carbocycles. The molecule has 1 aliphatic heterocycles. The monoisotopic (exact) mass is 601 g/mol. The van der Waals surface area contributed by atoms with E-state index in [2.05, 4.69) is 10.2 Å². The standard InChI is InChI=1S/C31H21F2N3O4S2/c1-40-24-14-13-18(15-23(24)33)27(37)25-26(21-11-4-5-12-22(21)32)36(29(39)28(25)38)30-34-35-31(42-30)41-16-19-9-6-8-17-7-2-3-10-20(17)19/h2-15,26,37H,16H2,1H3/b27-25-. The summed E-state index contributed by atoms with van der Waals surface area (Å²) in [5.74, 6) is -3.70. The number of methoxy groups -OCH3 is 1. The highest BCUT2D eigenvalue weighted by atomic mass is 32.2. The van der Waals surface area contributed by atoms with E-state index in [1.165, 1.54) is 49.2 Å². The van der Waals surface area contributed by atoms with Crippen LogP contribution in [0.3, 0.4) is 0 Å². The number of aliphatic hydroxyl groups excluding tert-OH is 1. The normalized spacial score (nSPS) is 16.4. The molecular weight excluding hydrogens is 580 g/mol. The van der Waals surface area contributed by atoms with Crippen molar-refractivity contribution in [2.75, 3.05) is 12.0 Å². The Kier molecular flexibility index (Phi) is 7.44. The van der Waals surface area contributed by atoms with Gasteiger partial charge in [-0.05, 0) is 40.6 Å². The average molecular weight is 602 g/mol. The number of carbonyl (C=O) groups is 2. The molecule has 0 bridgehead atoms. The molecule has 1 amide bonds. The zero-order valence-corrected chi connectivity index (χ0v) is 23.6. The quantitative estimate of drug-likeness (QED) is 0.0714. The number of ether oxygens (including phenoxy) is 1. The second-order valence-electron chi connectivity index (χ2n) is 9.32. The van der Waals surface area contributed by atoms with Crippen molar-refractivity contribution in [2.24, 2.45) is 0 Å². The molecule has 11 heteroatoms. The fraction of sp³-hybridized carbons (Fsp3) is 0.0968. The number of Topliss-reactive ketones (excluding diaryl/α,β-unsaturated/α-hetero) is 1. The third-order valence-corrected chi connectivity index (χ3v) is 9.01. The minimum atomic E-state index is -1.36. The van der Waals surface area contributed by atoms with Crippen molar-refractivity contribution in [2.45, 2.75) is 16.1 Å². The molecule has 5 aromatic rings. The summed E-state index contributed by atoms with van der Waals surface area (Å²) in [6.45, 7) is 0. The summed E-state index contributed by atoms with van der Waals surface area (Å²) in [5.41, 5.74) is 0.590. The number of anilines is 1. The lowest BCUT2D eigenvalue weighted by Crippen LogP contribution is -2.29. The highest BCUT2D eigenvalue weighted by molar-refractivity contribution is 8.00. The number of halogens is 2. The predicted octanol–water partition coefficient (Wildman–Crippen LogP) is 6.90. The lowest BCUT2D eigenvalue weighted by molar-refractivity contribution is -0.132. The fourth-order valence-electron chi connectivity index (χ4n) is 4.91. The molecule has 1 aliphatic rings. The number of amides is 1. The number of benzene rings is 4. The number of aliphatic hydroxyl groups is 1. The third-order valence-electron chi connectivity index (χ3n) is 6.90. The molecule has 42 heavy (non-hydrogen) atoms. The van der Waals surface area contributed by atoms with Crippen molar-refractivity contribution in [3.05, 3.63) is 119 Å². The van der Waals surface area contributed by atoms with E-state index in [1.54, 1.807) is 6.07 Å². The van der Waals surface area contributed by atoms with Crippen molar-refractivity contribution in [3.63, 3.8) is 0 Å². The Morgan fingerprint density at radius 3 is 2.52 bits per heavy atom. The summed E-state index contributed by atoms with van der Waals surface area (Å²) in [7, 11) is 1.29. The number of ketones is 1. The minimum absolute atomic E-state index is 0.0348. The Hall–Kier alpha value is -4.61. The molecule has 7 nitrogen and oxygen atoms in total. The Labute approximate surface area is 247 Å². The second kappa shape index (κ2) is 11.3. The number of hydrogen-bond acceptors (Lipinski definition) is 8. The first-order chi connectivity index (χ1) is 20.4. The fourth-order valence-corrected chi connectivity index (χ4v) is 6.78. The van der Waals surface area contributed by atoms with E-state index in [-0.39, 0.29) is 22.0 Å². The van der Waals surface area contributed by atoms with Crippen LogP contribution in [-0.2, 0) is 15.3 Å². The predicted molar refractivity (Wildman–Crippen MR) is 158 cm³/mol. The van der Waals surface area contributed by atoms with Crippen LogP contribution in [-0.4, -0.2) is 34.1 Å². The van der Waals surface area contributed by atoms with Crippen molar-refractivity contribution in [3.8, 4) is 5.75 Å². The molecule has 1 atom stereocenters. The van der Waals surface area contributed by atoms with E-state index >= 15 is 4.39 Å². The summed E-state index contributed by atoms with van der Waals surface area (Å²) in [4.78, 5) is 27.8. The first kappa shape index (κ1) is 27.6. The molecule has 0 radical (unpaired) electrons. The van der Waals surface area contributed by atoms with E-state index in [4.69, 9.17) is 4.74 Å². The van der Waals surface area contributed by atoms with Crippen LogP contribution in [0.5, 0.6) is 5.75 Å². The maximum Gasteiger partial charge on any atom is 0.301 e. The van der Waals surface area contributed by atoms with E-state index in [0.29, 0.717) is 10.1 Å². The first-order valence-electron chi connectivity index (χ1n) is 12.7.